The standard InChI is InChI=1S/C10H11NO4/c1-15-10(12)7-4-8-2-5-9(6-3-8)11(13)14/h2-3,5-6H,4,7H2,1H3/i4T,7T. The number of non-ortho nitro benzene ring substituents is 1. The van der Waals surface area contributed by atoms with Gasteiger partial charge in [0, 0.05) is 21.3 Å². The minimum Gasteiger partial charge on any atom is -0.469 e. The van der Waals surface area contributed by atoms with Gasteiger partial charge in [0.25, 0.3) is 5.69 Å². The Morgan fingerprint density at radius 2 is 2.13 bits per heavy atom. The van der Waals surface area contributed by atoms with Gasteiger partial charge in [-0.25, -0.2) is 0 Å². The van der Waals surface area contributed by atoms with Crippen molar-refractivity contribution in [2.24, 2.45) is 0 Å². The summed E-state index contributed by atoms with van der Waals surface area (Å²) < 4.78 is 19.5. The molecule has 1 rings (SSSR count). The van der Waals surface area contributed by atoms with E-state index >= 15 is 0 Å². The predicted octanol–water partition coefficient (Wildman–Crippen LogP) is 1.70. The van der Waals surface area contributed by atoms with Gasteiger partial charge in [-0.15, -0.1) is 0 Å². The van der Waals surface area contributed by atoms with Gasteiger partial charge in [0.15, 0.2) is 0 Å². The Kier molecular flexibility index (Phi) is 2.85. The number of ether oxygens (including phenoxy) is 1. The number of nitro groups is 1. The molecule has 1 aromatic carbocycles. The first-order valence-corrected chi connectivity index (χ1v) is 4.14. The van der Waals surface area contributed by atoms with Gasteiger partial charge in [-0.2, -0.15) is 0 Å². The first-order chi connectivity index (χ1) is 7.97. The third-order valence-corrected chi connectivity index (χ3v) is 1.72. The second-order valence-corrected chi connectivity index (χ2v) is 2.71. The molecule has 0 radical (unpaired) electrons. The fourth-order valence-electron chi connectivity index (χ4n) is 0.939. The molecular formula is C10H11NO4. The topological polar surface area (TPSA) is 69.4 Å². The van der Waals surface area contributed by atoms with Crippen molar-refractivity contribution in [1.82, 2.24) is 0 Å². The zero-order chi connectivity index (χ0) is 13.0. The smallest absolute Gasteiger partial charge is 0.305 e. The van der Waals surface area contributed by atoms with E-state index in [1.54, 1.807) is 0 Å². The second kappa shape index (κ2) is 5.09. The van der Waals surface area contributed by atoms with Gasteiger partial charge in [-0.3, -0.25) is 14.9 Å². The van der Waals surface area contributed by atoms with Gasteiger partial charge < -0.3 is 4.74 Å². The lowest BCUT2D eigenvalue weighted by Crippen LogP contribution is -2.01. The molecule has 0 N–H and O–H groups in total. The molecule has 0 aliphatic rings. The third kappa shape index (κ3) is 3.38. The van der Waals surface area contributed by atoms with Gasteiger partial charge in [-0.1, -0.05) is 12.1 Å². The van der Waals surface area contributed by atoms with Crippen molar-refractivity contribution in [3.05, 3.63) is 39.9 Å². The van der Waals surface area contributed by atoms with Crippen LogP contribution in [0.4, 0.5) is 5.69 Å². The molecule has 0 fully saturated rings. The summed E-state index contributed by atoms with van der Waals surface area (Å²) in [6, 6.07) is 5.20. The number of rotatable bonds is 4. The lowest BCUT2D eigenvalue weighted by molar-refractivity contribution is -0.384. The molecule has 0 bridgehead atoms. The molecule has 2 unspecified atom stereocenters. The van der Waals surface area contributed by atoms with E-state index in [9.17, 15) is 14.9 Å². The monoisotopic (exact) mass is 213 g/mol. The number of nitro benzene ring substituents is 1. The minimum absolute atomic E-state index is 0.0967. The summed E-state index contributed by atoms with van der Waals surface area (Å²) in [5, 5.41) is 10.4. The Bertz CT molecular complexity index is 421. The molecule has 0 saturated carbocycles. The number of carbonyl (C=O) groups excluding carboxylic acids is 1. The summed E-state index contributed by atoms with van der Waals surface area (Å²) in [5.74, 6) is -0.802. The summed E-state index contributed by atoms with van der Waals surface area (Å²) in [7, 11) is 1.15. The van der Waals surface area contributed by atoms with Crippen molar-refractivity contribution in [3.8, 4) is 0 Å². The molecular weight excluding hydrogens is 198 g/mol. The van der Waals surface area contributed by atoms with E-state index in [2.05, 4.69) is 4.74 Å². The van der Waals surface area contributed by atoms with Crippen LogP contribution in [0, 0.1) is 10.1 Å². The molecule has 5 nitrogen and oxygen atoms in total. The molecule has 5 heteroatoms. The van der Waals surface area contributed by atoms with Crippen LogP contribution < -0.4 is 0 Å². The summed E-state index contributed by atoms with van der Waals surface area (Å²) >= 11 is 0. The van der Waals surface area contributed by atoms with Crippen molar-refractivity contribution in [1.29, 1.82) is 0 Å². The number of hydrogen-bond donors (Lipinski definition) is 0. The SMILES string of the molecule is [3H]C(C(=O)OC)C([3H])c1ccc([N+](=O)[O-])cc1. The van der Waals surface area contributed by atoms with Gasteiger partial charge >= 0.3 is 5.97 Å². The molecule has 80 valence electrons. The van der Waals surface area contributed by atoms with Crippen LogP contribution in [0.15, 0.2) is 24.3 Å². The zero-order valence-electron chi connectivity index (χ0n) is 10.0. The fourth-order valence-corrected chi connectivity index (χ4v) is 0.939. The van der Waals surface area contributed by atoms with Crippen molar-refractivity contribution >= 4 is 11.7 Å². The van der Waals surface area contributed by atoms with Gasteiger partial charge in [-0.05, 0) is 12.0 Å². The first-order valence-electron chi connectivity index (χ1n) is 5.29. The average molecular weight is 213 g/mol. The number of carbonyl (C=O) groups is 1. The lowest BCUT2D eigenvalue weighted by atomic mass is 10.1. The molecule has 1 aromatic rings. The molecule has 15 heavy (non-hydrogen) atoms. The van der Waals surface area contributed by atoms with E-state index < -0.39 is 23.7 Å². The van der Waals surface area contributed by atoms with E-state index in [1.165, 1.54) is 24.3 Å². The van der Waals surface area contributed by atoms with Crippen LogP contribution in [0.1, 0.15) is 14.7 Å². The molecule has 0 saturated heterocycles. The maximum absolute atomic E-state index is 11.1. The fraction of sp³-hybridized carbons (Fsp3) is 0.300. The van der Waals surface area contributed by atoms with Crippen LogP contribution in [0.2, 0.25) is 0 Å². The number of methoxy groups -OCH3 is 1. The lowest BCUT2D eigenvalue weighted by Gasteiger charge is -1.99. The summed E-state index contributed by atoms with van der Waals surface area (Å²) in [5.41, 5.74) is 0.265. The minimum atomic E-state index is -1.36. The number of hydrogen-bond acceptors (Lipinski definition) is 4. The third-order valence-electron chi connectivity index (χ3n) is 1.72. The number of aryl methyl sites for hydroxylation is 1. The second-order valence-electron chi connectivity index (χ2n) is 2.71. The molecule has 0 aliphatic carbocycles. The highest BCUT2D eigenvalue weighted by Gasteiger charge is 2.05. The van der Waals surface area contributed by atoms with E-state index in [-0.39, 0.29) is 5.69 Å². The molecule has 0 aliphatic heterocycles. The van der Waals surface area contributed by atoms with Crippen LogP contribution in [0.5, 0.6) is 0 Å². The van der Waals surface area contributed by atoms with E-state index in [4.69, 9.17) is 2.74 Å². The Hall–Kier alpha value is -1.91. The molecule has 0 aromatic heterocycles. The van der Waals surface area contributed by atoms with E-state index in [0.29, 0.717) is 5.56 Å². The van der Waals surface area contributed by atoms with Crippen LogP contribution in [-0.4, -0.2) is 18.0 Å². The highest BCUT2D eigenvalue weighted by molar-refractivity contribution is 5.69. The largest absolute Gasteiger partial charge is 0.469 e. The van der Waals surface area contributed by atoms with E-state index in [1.807, 2.05) is 0 Å². The Morgan fingerprint density at radius 1 is 1.53 bits per heavy atom. The maximum atomic E-state index is 11.1. The zero-order valence-corrected chi connectivity index (χ0v) is 8.04. The average Bonchev–Trinajstić information content (AvgIpc) is 2.36. The van der Waals surface area contributed by atoms with Crippen molar-refractivity contribution < 1.29 is 17.2 Å². The van der Waals surface area contributed by atoms with Crippen LogP contribution in [0.3, 0.4) is 0 Å². The van der Waals surface area contributed by atoms with Gasteiger partial charge in [0.05, 0.1) is 12.0 Å². The van der Waals surface area contributed by atoms with E-state index in [0.717, 1.165) is 7.11 Å². The Morgan fingerprint density at radius 3 is 2.60 bits per heavy atom. The maximum Gasteiger partial charge on any atom is 0.305 e. The van der Waals surface area contributed by atoms with Gasteiger partial charge in [0.1, 0.15) is 0 Å². The molecule has 0 amide bonds. The van der Waals surface area contributed by atoms with Crippen molar-refractivity contribution in [3.63, 3.8) is 0 Å². The predicted molar refractivity (Wildman–Crippen MR) is 53.4 cm³/mol. The normalized spacial score (nSPS) is 15.8. The molecule has 2 atom stereocenters. The molecule has 0 heterocycles. The van der Waals surface area contributed by atoms with Crippen LogP contribution in [0.25, 0.3) is 0 Å². The Labute approximate surface area is 89.6 Å². The van der Waals surface area contributed by atoms with Crippen molar-refractivity contribution in [2.75, 3.05) is 7.11 Å². The number of nitrogens with zero attached hydrogens (tertiary/aromatic N) is 1. The highest BCUT2D eigenvalue weighted by Crippen LogP contribution is 2.13. The van der Waals surface area contributed by atoms with Crippen LogP contribution in [-0.2, 0) is 15.9 Å². The summed E-state index contributed by atoms with van der Waals surface area (Å²) in [4.78, 5) is 20.9. The summed E-state index contributed by atoms with van der Waals surface area (Å²) in [6.07, 6.45) is -2.48. The Balaban J connectivity index is 2.86. The summed E-state index contributed by atoms with van der Waals surface area (Å²) in [6.45, 7) is 0. The number of benzene rings is 1. The number of esters is 1. The van der Waals surface area contributed by atoms with Gasteiger partial charge in [0.2, 0.25) is 0 Å². The highest BCUT2D eigenvalue weighted by atomic mass is 16.6. The van der Waals surface area contributed by atoms with Crippen LogP contribution >= 0.6 is 0 Å². The quantitative estimate of drug-likeness (QED) is 0.433. The first kappa shape index (κ1) is 8.40. The molecule has 0 spiro atoms. The van der Waals surface area contributed by atoms with Crippen molar-refractivity contribution in [2.45, 2.75) is 12.8 Å².